The van der Waals surface area contributed by atoms with E-state index in [4.69, 9.17) is 9.97 Å². The minimum Gasteiger partial charge on any atom is -0.228 e. The lowest BCUT2D eigenvalue weighted by Crippen LogP contribution is -2.26. The third kappa shape index (κ3) is 5.45. The van der Waals surface area contributed by atoms with Crippen LogP contribution in [-0.2, 0) is 5.41 Å². The van der Waals surface area contributed by atoms with Crippen molar-refractivity contribution in [3.63, 3.8) is 0 Å². The van der Waals surface area contributed by atoms with Crippen LogP contribution in [0.2, 0.25) is 0 Å². The Hall–Kier alpha value is -8.20. The first-order valence-electron chi connectivity index (χ1n) is 21.7. The zero-order valence-corrected chi connectivity index (χ0v) is 34.3. The van der Waals surface area contributed by atoms with Crippen LogP contribution in [0.25, 0.3) is 100.0 Å². The molecule has 0 bridgehead atoms. The second kappa shape index (κ2) is 13.9. The Bertz CT molecular complexity index is 3560. The Morgan fingerprint density at radius 2 is 0.810 bits per heavy atom. The van der Waals surface area contributed by atoms with E-state index in [1.165, 1.54) is 77.2 Å². The maximum atomic E-state index is 5.15. The van der Waals surface area contributed by atoms with E-state index in [0.717, 1.165) is 39.2 Å². The van der Waals surface area contributed by atoms with Crippen molar-refractivity contribution in [3.05, 3.63) is 253 Å². The highest BCUT2D eigenvalue weighted by molar-refractivity contribution is 6.07. The first-order chi connectivity index (χ1) is 31.2. The highest BCUT2D eigenvalue weighted by atomic mass is 14.9. The summed E-state index contributed by atoms with van der Waals surface area (Å²) >= 11 is 0. The second-order valence-corrected chi connectivity index (χ2v) is 16.9. The van der Waals surface area contributed by atoms with Crippen LogP contribution in [0.5, 0.6) is 0 Å². The van der Waals surface area contributed by atoms with Crippen LogP contribution < -0.4 is 0 Å². The fourth-order valence-electron chi connectivity index (χ4n) is 10.6. The van der Waals surface area contributed by atoms with Gasteiger partial charge >= 0.3 is 0 Å². The Morgan fingerprint density at radius 1 is 0.270 bits per heavy atom. The zero-order chi connectivity index (χ0) is 41.5. The van der Waals surface area contributed by atoms with E-state index in [-0.39, 0.29) is 0 Å². The van der Waals surface area contributed by atoms with Crippen molar-refractivity contribution in [2.45, 2.75) is 5.41 Å². The van der Waals surface area contributed by atoms with E-state index in [0.29, 0.717) is 5.82 Å². The molecule has 1 heterocycles. The Kier molecular flexibility index (Phi) is 7.85. The molecule has 0 unspecified atom stereocenters. The predicted molar refractivity (Wildman–Crippen MR) is 261 cm³/mol. The molecular weight excluding hydrogens is 761 g/mol. The Labute approximate surface area is 366 Å². The lowest BCUT2D eigenvalue weighted by Gasteiger charge is -2.31. The average Bonchev–Trinajstić information content (AvgIpc) is 3.83. The first-order valence-corrected chi connectivity index (χ1v) is 21.7. The molecule has 2 nitrogen and oxygen atoms in total. The predicted octanol–water partition coefficient (Wildman–Crippen LogP) is 15.5. The summed E-state index contributed by atoms with van der Waals surface area (Å²) in [6.45, 7) is 0. The molecule has 13 rings (SSSR count). The molecule has 0 aliphatic heterocycles. The van der Waals surface area contributed by atoms with Crippen LogP contribution in [0.4, 0.5) is 0 Å². The van der Waals surface area contributed by atoms with Crippen LogP contribution in [-0.4, -0.2) is 9.97 Å². The summed E-state index contributed by atoms with van der Waals surface area (Å²) in [5.74, 6) is 0.708. The average molecular weight is 799 g/mol. The fourth-order valence-corrected chi connectivity index (χ4v) is 10.6. The number of nitrogens with zero attached hydrogens (tertiary/aromatic N) is 2. The number of hydrogen-bond donors (Lipinski definition) is 0. The lowest BCUT2D eigenvalue weighted by atomic mass is 9.69. The van der Waals surface area contributed by atoms with Crippen molar-refractivity contribution in [1.29, 1.82) is 0 Å². The molecule has 0 saturated heterocycles. The standard InChI is InChI=1S/C61H38N2/c1-3-14-39(15-4-1)43-20-13-21-48(35-43)58-38-57(62-60(63-58)42-16-5-2-6-17-42)41-28-26-40(27-29-41)46-30-32-49-47(34-46)31-33-52-53-36-44-18-7-8-19-45(44)37-56(53)61(59(49)52)54-24-11-9-22-50(54)51-23-10-12-25-55(51)61/h1-38H. The second-order valence-electron chi connectivity index (χ2n) is 16.9. The highest BCUT2D eigenvalue weighted by Gasteiger charge is 2.52. The molecule has 0 atom stereocenters. The largest absolute Gasteiger partial charge is 0.228 e. The maximum absolute atomic E-state index is 5.15. The van der Waals surface area contributed by atoms with Gasteiger partial charge in [-0.2, -0.15) is 0 Å². The molecule has 2 heteroatoms. The molecule has 0 radical (unpaired) electrons. The van der Waals surface area contributed by atoms with Gasteiger partial charge in [0.2, 0.25) is 0 Å². The van der Waals surface area contributed by atoms with Gasteiger partial charge in [0.1, 0.15) is 0 Å². The van der Waals surface area contributed by atoms with Crippen molar-refractivity contribution in [2.24, 2.45) is 0 Å². The van der Waals surface area contributed by atoms with Gasteiger partial charge in [0.25, 0.3) is 0 Å². The highest BCUT2D eigenvalue weighted by Crippen LogP contribution is 2.64. The number of hydrogen-bond acceptors (Lipinski definition) is 2. The van der Waals surface area contributed by atoms with Crippen LogP contribution in [0.1, 0.15) is 22.3 Å². The molecule has 0 N–H and O–H groups in total. The minimum atomic E-state index is -0.428. The lowest BCUT2D eigenvalue weighted by molar-refractivity contribution is 0.802. The normalized spacial score (nSPS) is 12.9. The molecule has 11 aromatic rings. The minimum absolute atomic E-state index is 0.428. The van der Waals surface area contributed by atoms with Crippen molar-refractivity contribution < 1.29 is 0 Å². The van der Waals surface area contributed by atoms with Gasteiger partial charge in [-0.25, -0.2) is 9.97 Å². The summed E-state index contributed by atoms with van der Waals surface area (Å²) in [4.78, 5) is 10.3. The van der Waals surface area contributed by atoms with Gasteiger partial charge in [-0.15, -0.1) is 0 Å². The van der Waals surface area contributed by atoms with Gasteiger partial charge in [0.05, 0.1) is 16.8 Å². The molecule has 2 aliphatic carbocycles. The molecule has 0 fully saturated rings. The molecule has 0 amide bonds. The van der Waals surface area contributed by atoms with Crippen molar-refractivity contribution in [2.75, 3.05) is 0 Å². The van der Waals surface area contributed by atoms with Gasteiger partial charge in [0.15, 0.2) is 5.82 Å². The molecule has 0 saturated carbocycles. The molecule has 63 heavy (non-hydrogen) atoms. The summed E-state index contributed by atoms with van der Waals surface area (Å²) in [6.07, 6.45) is 0. The third-order valence-electron chi connectivity index (χ3n) is 13.5. The summed E-state index contributed by atoms with van der Waals surface area (Å²) in [5.41, 5.74) is 19.9. The number of benzene rings is 10. The van der Waals surface area contributed by atoms with Crippen molar-refractivity contribution >= 4 is 21.5 Å². The van der Waals surface area contributed by atoms with E-state index >= 15 is 0 Å². The SMILES string of the molecule is c1ccc(-c2cccc(-c3cc(-c4ccc(-c5ccc6c7c(ccc6c5)-c5cc6ccccc6cc5C75c6ccccc6-c6ccccc65)cc4)nc(-c4ccccc4)n3)c2)cc1. The van der Waals surface area contributed by atoms with E-state index in [1.54, 1.807) is 0 Å². The van der Waals surface area contributed by atoms with Gasteiger partial charge < -0.3 is 0 Å². The maximum Gasteiger partial charge on any atom is 0.160 e. The van der Waals surface area contributed by atoms with Crippen LogP contribution in [0.3, 0.4) is 0 Å². The molecule has 1 spiro atoms. The molecule has 2 aliphatic rings. The third-order valence-corrected chi connectivity index (χ3v) is 13.5. The topological polar surface area (TPSA) is 25.8 Å². The number of rotatable bonds is 5. The van der Waals surface area contributed by atoms with Gasteiger partial charge in [-0.3, -0.25) is 0 Å². The van der Waals surface area contributed by atoms with Crippen LogP contribution >= 0.6 is 0 Å². The molecule has 292 valence electrons. The number of aromatic nitrogens is 2. The molecule has 10 aromatic carbocycles. The Balaban J connectivity index is 0.928. The Morgan fingerprint density at radius 3 is 1.54 bits per heavy atom. The smallest absolute Gasteiger partial charge is 0.160 e. The van der Waals surface area contributed by atoms with E-state index in [9.17, 15) is 0 Å². The van der Waals surface area contributed by atoms with Gasteiger partial charge in [-0.1, -0.05) is 200 Å². The summed E-state index contributed by atoms with van der Waals surface area (Å²) in [7, 11) is 0. The zero-order valence-electron chi connectivity index (χ0n) is 34.3. The first kappa shape index (κ1) is 35.5. The van der Waals surface area contributed by atoms with E-state index in [1.807, 2.05) is 18.2 Å². The van der Waals surface area contributed by atoms with E-state index in [2.05, 4.69) is 212 Å². The van der Waals surface area contributed by atoms with Gasteiger partial charge in [-0.05, 0) is 119 Å². The van der Waals surface area contributed by atoms with Crippen LogP contribution in [0, 0.1) is 0 Å². The van der Waals surface area contributed by atoms with Gasteiger partial charge in [0, 0.05) is 16.7 Å². The molecular formula is C61H38N2. The van der Waals surface area contributed by atoms with Crippen LogP contribution in [0.15, 0.2) is 231 Å². The summed E-state index contributed by atoms with van der Waals surface area (Å²) in [6, 6.07) is 84.0. The number of fused-ring (bicyclic) bond motifs is 13. The summed E-state index contributed by atoms with van der Waals surface area (Å²) in [5, 5.41) is 5.06. The van der Waals surface area contributed by atoms with Crippen molar-refractivity contribution in [1.82, 2.24) is 9.97 Å². The van der Waals surface area contributed by atoms with Crippen molar-refractivity contribution in [3.8, 4) is 78.4 Å². The summed E-state index contributed by atoms with van der Waals surface area (Å²) < 4.78 is 0. The monoisotopic (exact) mass is 798 g/mol. The molecule has 1 aromatic heterocycles. The fraction of sp³-hybridized carbons (Fsp3) is 0.0164. The van der Waals surface area contributed by atoms with E-state index < -0.39 is 5.41 Å². The quantitative estimate of drug-likeness (QED) is 0.173.